The monoisotopic (exact) mass is 283 g/mol. The van der Waals surface area contributed by atoms with Crippen molar-refractivity contribution in [3.8, 4) is 0 Å². The van der Waals surface area contributed by atoms with Crippen molar-refractivity contribution in [2.75, 3.05) is 13.2 Å². The smallest absolute Gasteiger partial charge is 0.0443 e. The Balaban J connectivity index is 1.75. The summed E-state index contributed by atoms with van der Waals surface area (Å²) >= 11 is 3.51. The molecule has 2 nitrogen and oxygen atoms in total. The van der Waals surface area contributed by atoms with Crippen LogP contribution < -0.4 is 5.32 Å². The van der Waals surface area contributed by atoms with Gasteiger partial charge in [-0.1, -0.05) is 28.1 Å². The van der Waals surface area contributed by atoms with E-state index in [9.17, 15) is 0 Å². The molecule has 1 aliphatic carbocycles. The summed E-state index contributed by atoms with van der Waals surface area (Å²) in [4.78, 5) is 0. The van der Waals surface area contributed by atoms with E-state index < -0.39 is 0 Å². The van der Waals surface area contributed by atoms with Crippen LogP contribution in [0.4, 0.5) is 0 Å². The molecule has 1 saturated carbocycles. The SMILES string of the molecule is OCCCNC1CC(c2cccc(Br)c2)C1. The van der Waals surface area contributed by atoms with E-state index in [0.29, 0.717) is 12.0 Å². The number of nitrogens with one attached hydrogen (secondary N) is 1. The Morgan fingerprint density at radius 1 is 1.38 bits per heavy atom. The Labute approximate surface area is 105 Å². The van der Waals surface area contributed by atoms with Crippen molar-refractivity contribution in [3.63, 3.8) is 0 Å². The molecule has 2 rings (SSSR count). The molecule has 16 heavy (non-hydrogen) atoms. The third-order valence-corrected chi connectivity index (χ3v) is 3.72. The fraction of sp³-hybridized carbons (Fsp3) is 0.538. The zero-order valence-electron chi connectivity index (χ0n) is 9.32. The molecule has 0 spiro atoms. The molecule has 0 heterocycles. The molecule has 0 radical (unpaired) electrons. The van der Waals surface area contributed by atoms with Gasteiger partial charge in [0.25, 0.3) is 0 Å². The number of hydrogen-bond acceptors (Lipinski definition) is 2. The topological polar surface area (TPSA) is 32.3 Å². The molecule has 1 aromatic carbocycles. The fourth-order valence-corrected chi connectivity index (χ4v) is 2.62. The molecule has 0 unspecified atom stereocenters. The summed E-state index contributed by atoms with van der Waals surface area (Å²) in [7, 11) is 0. The molecule has 0 bridgehead atoms. The van der Waals surface area contributed by atoms with Crippen LogP contribution in [-0.2, 0) is 0 Å². The Hall–Kier alpha value is -0.380. The highest BCUT2D eigenvalue weighted by molar-refractivity contribution is 9.10. The van der Waals surface area contributed by atoms with E-state index in [-0.39, 0.29) is 6.61 Å². The summed E-state index contributed by atoms with van der Waals surface area (Å²) in [5, 5.41) is 12.1. The van der Waals surface area contributed by atoms with Crippen LogP contribution in [0.2, 0.25) is 0 Å². The first-order valence-corrected chi connectivity index (χ1v) is 6.68. The zero-order chi connectivity index (χ0) is 11.4. The van der Waals surface area contributed by atoms with Crippen LogP contribution in [0, 0.1) is 0 Å². The van der Waals surface area contributed by atoms with Crippen molar-refractivity contribution >= 4 is 15.9 Å². The van der Waals surface area contributed by atoms with Gasteiger partial charge in [0.1, 0.15) is 0 Å². The van der Waals surface area contributed by atoms with Crippen LogP contribution >= 0.6 is 15.9 Å². The number of halogens is 1. The highest BCUT2D eigenvalue weighted by Crippen LogP contribution is 2.37. The predicted molar refractivity (Wildman–Crippen MR) is 69.6 cm³/mol. The van der Waals surface area contributed by atoms with E-state index in [1.54, 1.807) is 0 Å². The second kappa shape index (κ2) is 5.80. The summed E-state index contributed by atoms with van der Waals surface area (Å²) in [6.07, 6.45) is 3.31. The molecular weight excluding hydrogens is 266 g/mol. The quantitative estimate of drug-likeness (QED) is 0.815. The lowest BCUT2D eigenvalue weighted by Crippen LogP contribution is -2.40. The molecule has 2 N–H and O–H groups in total. The van der Waals surface area contributed by atoms with Crippen molar-refractivity contribution in [1.82, 2.24) is 5.32 Å². The van der Waals surface area contributed by atoms with Gasteiger partial charge in [0.15, 0.2) is 0 Å². The van der Waals surface area contributed by atoms with E-state index in [2.05, 4.69) is 45.5 Å². The van der Waals surface area contributed by atoms with Gasteiger partial charge in [0.2, 0.25) is 0 Å². The number of benzene rings is 1. The van der Waals surface area contributed by atoms with E-state index in [1.807, 2.05) is 0 Å². The molecule has 0 amide bonds. The summed E-state index contributed by atoms with van der Waals surface area (Å²) in [5.41, 5.74) is 1.44. The Morgan fingerprint density at radius 2 is 2.19 bits per heavy atom. The van der Waals surface area contributed by atoms with Crippen molar-refractivity contribution < 1.29 is 5.11 Å². The van der Waals surface area contributed by atoms with Gasteiger partial charge in [-0.2, -0.15) is 0 Å². The van der Waals surface area contributed by atoms with Gasteiger partial charge < -0.3 is 10.4 Å². The maximum absolute atomic E-state index is 8.69. The van der Waals surface area contributed by atoms with Gasteiger partial charge in [0, 0.05) is 17.1 Å². The second-order valence-electron chi connectivity index (χ2n) is 4.45. The molecular formula is C13H18BrNO. The molecule has 0 saturated heterocycles. The van der Waals surface area contributed by atoms with E-state index in [4.69, 9.17) is 5.11 Å². The Morgan fingerprint density at radius 3 is 2.88 bits per heavy atom. The highest BCUT2D eigenvalue weighted by atomic mass is 79.9. The van der Waals surface area contributed by atoms with E-state index in [1.165, 1.54) is 22.9 Å². The summed E-state index contributed by atoms with van der Waals surface area (Å²) in [6.45, 7) is 1.22. The van der Waals surface area contributed by atoms with Crippen LogP contribution in [0.25, 0.3) is 0 Å². The Kier molecular flexibility index (Phi) is 4.38. The number of aliphatic hydroxyl groups is 1. The van der Waals surface area contributed by atoms with Gasteiger partial charge in [-0.25, -0.2) is 0 Å². The average molecular weight is 284 g/mol. The standard InChI is InChI=1S/C13H18BrNO/c14-12-4-1-3-10(7-12)11-8-13(9-11)15-5-2-6-16/h1,3-4,7,11,13,15-16H,2,5-6,8-9H2. The van der Waals surface area contributed by atoms with Gasteiger partial charge >= 0.3 is 0 Å². The molecule has 88 valence electrons. The maximum atomic E-state index is 8.69. The van der Waals surface area contributed by atoms with Gasteiger partial charge in [-0.3, -0.25) is 0 Å². The van der Waals surface area contributed by atoms with Crippen molar-refractivity contribution in [2.24, 2.45) is 0 Å². The first-order valence-electron chi connectivity index (χ1n) is 5.89. The molecule has 1 fully saturated rings. The van der Waals surface area contributed by atoms with E-state index in [0.717, 1.165) is 13.0 Å². The van der Waals surface area contributed by atoms with Gasteiger partial charge in [-0.05, 0) is 49.4 Å². The first kappa shape index (κ1) is 12.1. The minimum Gasteiger partial charge on any atom is -0.396 e. The first-order chi connectivity index (χ1) is 7.79. The normalized spacial score (nSPS) is 24.1. The van der Waals surface area contributed by atoms with Crippen molar-refractivity contribution in [3.05, 3.63) is 34.3 Å². The highest BCUT2D eigenvalue weighted by Gasteiger charge is 2.29. The van der Waals surface area contributed by atoms with Crippen LogP contribution in [-0.4, -0.2) is 24.3 Å². The van der Waals surface area contributed by atoms with Crippen LogP contribution in [0.1, 0.15) is 30.7 Å². The number of rotatable bonds is 5. The van der Waals surface area contributed by atoms with Crippen molar-refractivity contribution in [2.45, 2.75) is 31.2 Å². The predicted octanol–water partition coefficient (Wildman–Crippen LogP) is 2.67. The molecule has 0 aliphatic heterocycles. The lowest BCUT2D eigenvalue weighted by atomic mass is 9.76. The molecule has 3 heteroatoms. The minimum absolute atomic E-state index is 0.286. The molecule has 1 aromatic rings. The van der Waals surface area contributed by atoms with Crippen molar-refractivity contribution in [1.29, 1.82) is 0 Å². The van der Waals surface area contributed by atoms with Gasteiger partial charge in [0.05, 0.1) is 0 Å². The second-order valence-corrected chi connectivity index (χ2v) is 5.37. The molecule has 0 aromatic heterocycles. The fourth-order valence-electron chi connectivity index (χ4n) is 2.20. The van der Waals surface area contributed by atoms with Gasteiger partial charge in [-0.15, -0.1) is 0 Å². The lowest BCUT2D eigenvalue weighted by molar-refractivity contribution is 0.258. The van der Waals surface area contributed by atoms with E-state index >= 15 is 0 Å². The molecule has 0 atom stereocenters. The van der Waals surface area contributed by atoms with Crippen LogP contribution in [0.3, 0.4) is 0 Å². The largest absolute Gasteiger partial charge is 0.396 e. The minimum atomic E-state index is 0.286. The average Bonchev–Trinajstić information content (AvgIpc) is 2.21. The Bertz CT molecular complexity index is 336. The summed E-state index contributed by atoms with van der Waals surface area (Å²) < 4.78 is 1.17. The third-order valence-electron chi connectivity index (χ3n) is 3.23. The van der Waals surface area contributed by atoms with Crippen LogP contribution in [0.15, 0.2) is 28.7 Å². The summed E-state index contributed by atoms with van der Waals surface area (Å²) in [6, 6.07) is 9.24. The molecule has 1 aliphatic rings. The number of hydrogen-bond donors (Lipinski definition) is 2. The lowest BCUT2D eigenvalue weighted by Gasteiger charge is -2.36. The maximum Gasteiger partial charge on any atom is 0.0443 e. The third kappa shape index (κ3) is 3.06. The number of aliphatic hydroxyl groups excluding tert-OH is 1. The zero-order valence-corrected chi connectivity index (χ0v) is 10.9. The summed E-state index contributed by atoms with van der Waals surface area (Å²) in [5.74, 6) is 0.712. The van der Waals surface area contributed by atoms with Crippen LogP contribution in [0.5, 0.6) is 0 Å².